The molecule has 0 spiro atoms. The van der Waals surface area contributed by atoms with Gasteiger partial charge in [-0.2, -0.15) is 23.5 Å². The average molecular weight is 289 g/mol. The Morgan fingerprint density at radius 3 is 3.12 bits per heavy atom. The zero-order chi connectivity index (χ0) is 11.9. The highest BCUT2D eigenvalue weighted by Crippen LogP contribution is 2.28. The van der Waals surface area contributed by atoms with Crippen molar-refractivity contribution in [1.29, 1.82) is 0 Å². The minimum absolute atomic E-state index is 0.619. The highest BCUT2D eigenvalue weighted by Gasteiger charge is 2.24. The first-order valence-corrected chi connectivity index (χ1v) is 9.28. The van der Waals surface area contributed by atoms with E-state index in [4.69, 9.17) is 0 Å². The summed E-state index contributed by atoms with van der Waals surface area (Å²) in [7, 11) is 0. The van der Waals surface area contributed by atoms with Crippen molar-refractivity contribution in [2.24, 2.45) is 0 Å². The molecule has 5 heteroatoms. The van der Waals surface area contributed by atoms with E-state index < -0.39 is 0 Å². The molecule has 0 saturated carbocycles. The lowest BCUT2D eigenvalue weighted by Crippen LogP contribution is -2.42. The van der Waals surface area contributed by atoms with E-state index in [1.54, 1.807) is 11.3 Å². The fourth-order valence-corrected chi connectivity index (χ4v) is 5.51. The Hall–Kier alpha value is 0.290. The van der Waals surface area contributed by atoms with Gasteiger partial charge in [0.15, 0.2) is 0 Å². The molecular formula is C12H20N2S3. The van der Waals surface area contributed by atoms with Crippen molar-refractivity contribution < 1.29 is 0 Å². The molecule has 2 unspecified atom stereocenters. The minimum atomic E-state index is 0.619. The summed E-state index contributed by atoms with van der Waals surface area (Å²) in [6, 6.07) is 0.619. The largest absolute Gasteiger partial charge is 0.312 e. The lowest BCUT2D eigenvalue weighted by Gasteiger charge is -2.30. The molecular weight excluding hydrogens is 268 g/mol. The third-order valence-electron chi connectivity index (χ3n) is 2.85. The predicted molar refractivity (Wildman–Crippen MR) is 81.5 cm³/mol. The Balaban J connectivity index is 1.91. The molecule has 1 aromatic rings. The molecule has 2 heterocycles. The SMILES string of the molecule is CCCNC(Cc1cncs1)C1CSCCS1. The van der Waals surface area contributed by atoms with Gasteiger partial charge in [0, 0.05) is 39.6 Å². The number of nitrogens with zero attached hydrogens (tertiary/aromatic N) is 1. The van der Waals surface area contributed by atoms with Gasteiger partial charge in [0.05, 0.1) is 5.51 Å². The molecule has 1 aromatic heterocycles. The number of thiazole rings is 1. The number of rotatable bonds is 6. The van der Waals surface area contributed by atoms with Crippen molar-refractivity contribution in [3.63, 3.8) is 0 Å². The van der Waals surface area contributed by atoms with E-state index in [9.17, 15) is 0 Å². The fourth-order valence-electron chi connectivity index (χ4n) is 1.96. The van der Waals surface area contributed by atoms with E-state index in [1.807, 2.05) is 11.7 Å². The van der Waals surface area contributed by atoms with Crippen molar-refractivity contribution in [1.82, 2.24) is 10.3 Å². The smallest absolute Gasteiger partial charge is 0.0794 e. The quantitative estimate of drug-likeness (QED) is 0.870. The predicted octanol–water partition coefficient (Wildman–Crippen LogP) is 2.90. The zero-order valence-corrected chi connectivity index (χ0v) is 12.7. The maximum atomic E-state index is 4.18. The molecule has 0 amide bonds. The van der Waals surface area contributed by atoms with Crippen LogP contribution < -0.4 is 5.32 Å². The average Bonchev–Trinajstić information content (AvgIpc) is 2.88. The summed E-state index contributed by atoms with van der Waals surface area (Å²) in [6.07, 6.45) is 4.37. The van der Waals surface area contributed by atoms with E-state index in [-0.39, 0.29) is 0 Å². The standard InChI is InChI=1S/C12H20N2S3/c1-2-3-14-11(6-10-7-13-9-17-10)12-8-15-4-5-16-12/h7,9,11-12,14H,2-6,8H2,1H3. The van der Waals surface area contributed by atoms with Crippen molar-refractivity contribution >= 4 is 34.9 Å². The van der Waals surface area contributed by atoms with Crippen LogP contribution in [0.5, 0.6) is 0 Å². The Morgan fingerprint density at radius 2 is 2.47 bits per heavy atom. The lowest BCUT2D eigenvalue weighted by molar-refractivity contribution is 0.508. The van der Waals surface area contributed by atoms with Crippen LogP contribution in [-0.4, -0.2) is 40.1 Å². The van der Waals surface area contributed by atoms with Crippen LogP contribution in [0.2, 0.25) is 0 Å². The summed E-state index contributed by atoms with van der Waals surface area (Å²) >= 11 is 6.03. The van der Waals surface area contributed by atoms with Gasteiger partial charge in [-0.15, -0.1) is 11.3 Å². The normalized spacial score (nSPS) is 22.5. The third kappa shape index (κ3) is 4.47. The summed E-state index contributed by atoms with van der Waals surface area (Å²) in [4.78, 5) is 5.59. The van der Waals surface area contributed by atoms with Crippen LogP contribution in [-0.2, 0) is 6.42 Å². The first-order valence-electron chi connectivity index (χ1n) is 6.20. The number of aromatic nitrogens is 1. The molecule has 2 nitrogen and oxygen atoms in total. The Kier molecular flexibility index (Phi) is 6.18. The Morgan fingerprint density at radius 1 is 1.53 bits per heavy atom. The molecule has 2 atom stereocenters. The number of hydrogen-bond donors (Lipinski definition) is 1. The van der Waals surface area contributed by atoms with Crippen LogP contribution >= 0.6 is 34.9 Å². The summed E-state index contributed by atoms with van der Waals surface area (Å²) in [5.41, 5.74) is 1.94. The fraction of sp³-hybridized carbons (Fsp3) is 0.750. The van der Waals surface area contributed by atoms with E-state index in [0.717, 1.165) is 18.2 Å². The molecule has 2 rings (SSSR count). The molecule has 0 aromatic carbocycles. The highest BCUT2D eigenvalue weighted by molar-refractivity contribution is 8.06. The molecule has 1 aliphatic rings. The molecule has 1 N–H and O–H groups in total. The molecule has 1 saturated heterocycles. The first-order chi connectivity index (χ1) is 8.40. The number of hydrogen-bond acceptors (Lipinski definition) is 5. The monoisotopic (exact) mass is 288 g/mol. The van der Waals surface area contributed by atoms with Crippen molar-refractivity contribution in [3.8, 4) is 0 Å². The van der Waals surface area contributed by atoms with Crippen LogP contribution in [0.15, 0.2) is 11.7 Å². The number of thioether (sulfide) groups is 2. The Bertz CT molecular complexity index is 297. The molecule has 0 radical (unpaired) electrons. The molecule has 17 heavy (non-hydrogen) atoms. The van der Waals surface area contributed by atoms with Crippen LogP contribution in [0, 0.1) is 0 Å². The second-order valence-corrected chi connectivity index (χ2v) is 7.68. The maximum absolute atomic E-state index is 4.18. The maximum Gasteiger partial charge on any atom is 0.0794 e. The van der Waals surface area contributed by atoms with Gasteiger partial charge in [-0.25, -0.2) is 0 Å². The van der Waals surface area contributed by atoms with Crippen molar-refractivity contribution in [2.45, 2.75) is 31.1 Å². The third-order valence-corrected chi connectivity index (χ3v) is 6.57. The van der Waals surface area contributed by atoms with E-state index in [0.29, 0.717) is 6.04 Å². The van der Waals surface area contributed by atoms with Crippen LogP contribution in [0.1, 0.15) is 18.2 Å². The minimum Gasteiger partial charge on any atom is -0.312 e. The molecule has 96 valence electrons. The molecule has 0 bridgehead atoms. The summed E-state index contributed by atoms with van der Waals surface area (Å²) < 4.78 is 0. The van der Waals surface area contributed by atoms with E-state index >= 15 is 0 Å². The first kappa shape index (κ1) is 13.7. The summed E-state index contributed by atoms with van der Waals surface area (Å²) in [5.74, 6) is 3.93. The van der Waals surface area contributed by atoms with Crippen molar-refractivity contribution in [2.75, 3.05) is 23.8 Å². The second-order valence-electron chi connectivity index (χ2n) is 4.22. The highest BCUT2D eigenvalue weighted by atomic mass is 32.2. The van der Waals surface area contributed by atoms with Gasteiger partial charge in [-0.1, -0.05) is 6.92 Å². The van der Waals surface area contributed by atoms with Gasteiger partial charge in [0.1, 0.15) is 0 Å². The lowest BCUT2D eigenvalue weighted by atomic mass is 10.1. The summed E-state index contributed by atoms with van der Waals surface area (Å²) in [6.45, 7) is 3.37. The van der Waals surface area contributed by atoms with Gasteiger partial charge in [0.2, 0.25) is 0 Å². The topological polar surface area (TPSA) is 24.9 Å². The molecule has 1 fully saturated rings. The Labute approximate surface area is 116 Å². The zero-order valence-electron chi connectivity index (χ0n) is 10.2. The molecule has 0 aliphatic carbocycles. The number of nitrogens with one attached hydrogen (secondary N) is 1. The van der Waals surface area contributed by atoms with Gasteiger partial charge in [0.25, 0.3) is 0 Å². The van der Waals surface area contributed by atoms with Crippen LogP contribution in [0.3, 0.4) is 0 Å². The molecule has 1 aliphatic heterocycles. The van der Waals surface area contributed by atoms with Crippen molar-refractivity contribution in [3.05, 3.63) is 16.6 Å². The van der Waals surface area contributed by atoms with Crippen LogP contribution in [0.25, 0.3) is 0 Å². The van der Waals surface area contributed by atoms with E-state index in [1.165, 1.54) is 28.6 Å². The summed E-state index contributed by atoms with van der Waals surface area (Å²) in [5, 5.41) is 4.49. The van der Waals surface area contributed by atoms with E-state index in [2.05, 4.69) is 40.7 Å². The van der Waals surface area contributed by atoms with Gasteiger partial charge in [-0.05, 0) is 19.4 Å². The van der Waals surface area contributed by atoms with Gasteiger partial charge in [-0.3, -0.25) is 4.98 Å². The van der Waals surface area contributed by atoms with Gasteiger partial charge >= 0.3 is 0 Å². The van der Waals surface area contributed by atoms with Crippen LogP contribution in [0.4, 0.5) is 0 Å². The second kappa shape index (κ2) is 7.67. The van der Waals surface area contributed by atoms with Gasteiger partial charge < -0.3 is 5.32 Å².